The smallest absolute Gasteiger partial charge is 0.221 e. The highest BCUT2D eigenvalue weighted by atomic mass is 35.5. The molecule has 5 nitrogen and oxygen atoms in total. The van der Waals surface area contributed by atoms with E-state index < -0.39 is 0 Å². The van der Waals surface area contributed by atoms with E-state index in [0.29, 0.717) is 13.0 Å². The quantitative estimate of drug-likeness (QED) is 0.823. The van der Waals surface area contributed by atoms with Crippen molar-refractivity contribution >= 4 is 30.1 Å². The SMILES string of the molecule is COc1ccc(OC)c(CNC(=O)CC2CSCCN2)c1.Cl. The van der Waals surface area contributed by atoms with Crippen molar-refractivity contribution in [3.63, 3.8) is 0 Å². The minimum Gasteiger partial charge on any atom is -0.497 e. The molecule has 1 fully saturated rings. The first kappa shape index (κ1) is 18.9. The molecule has 1 unspecified atom stereocenters. The lowest BCUT2D eigenvalue weighted by atomic mass is 10.1. The number of rotatable bonds is 6. The number of thioether (sulfide) groups is 1. The van der Waals surface area contributed by atoms with Crippen LogP contribution in [0, 0.1) is 0 Å². The number of methoxy groups -OCH3 is 2. The third-order valence-electron chi connectivity index (χ3n) is 3.39. The van der Waals surface area contributed by atoms with Crippen LogP contribution in [0.3, 0.4) is 0 Å². The van der Waals surface area contributed by atoms with Gasteiger partial charge in [-0.2, -0.15) is 11.8 Å². The number of carbonyl (C=O) groups is 1. The average Bonchev–Trinajstić information content (AvgIpc) is 2.53. The molecule has 0 radical (unpaired) electrons. The van der Waals surface area contributed by atoms with Gasteiger partial charge in [-0.05, 0) is 18.2 Å². The second kappa shape index (κ2) is 9.82. The van der Waals surface area contributed by atoms with Gasteiger partial charge in [0.05, 0.1) is 14.2 Å². The fourth-order valence-corrected chi connectivity index (χ4v) is 3.21. The third-order valence-corrected chi connectivity index (χ3v) is 4.52. The average molecular weight is 347 g/mol. The molecule has 0 saturated carbocycles. The molecule has 1 aliphatic rings. The summed E-state index contributed by atoms with van der Waals surface area (Å²) in [5.74, 6) is 3.68. The van der Waals surface area contributed by atoms with Gasteiger partial charge in [0.1, 0.15) is 11.5 Å². The van der Waals surface area contributed by atoms with Crippen LogP contribution in [0.1, 0.15) is 12.0 Å². The van der Waals surface area contributed by atoms with Gasteiger partial charge in [0.15, 0.2) is 0 Å². The zero-order valence-corrected chi connectivity index (χ0v) is 14.5. The van der Waals surface area contributed by atoms with Gasteiger partial charge in [-0.3, -0.25) is 4.79 Å². The Morgan fingerprint density at radius 2 is 2.23 bits per heavy atom. The molecular weight excluding hydrogens is 324 g/mol. The summed E-state index contributed by atoms with van der Waals surface area (Å²) >= 11 is 1.89. The number of carbonyl (C=O) groups excluding carboxylic acids is 1. The molecule has 1 aromatic rings. The first-order chi connectivity index (χ1) is 10.2. The van der Waals surface area contributed by atoms with Gasteiger partial charge in [-0.25, -0.2) is 0 Å². The second-order valence-electron chi connectivity index (χ2n) is 4.88. The summed E-state index contributed by atoms with van der Waals surface area (Å²) in [5, 5.41) is 6.31. The summed E-state index contributed by atoms with van der Waals surface area (Å²) in [4.78, 5) is 12.0. The molecule has 1 aromatic carbocycles. The van der Waals surface area contributed by atoms with Gasteiger partial charge in [-0.1, -0.05) is 0 Å². The van der Waals surface area contributed by atoms with Crippen molar-refractivity contribution in [1.29, 1.82) is 0 Å². The second-order valence-corrected chi connectivity index (χ2v) is 6.03. The molecule has 1 amide bonds. The van der Waals surface area contributed by atoms with E-state index in [0.717, 1.165) is 35.1 Å². The van der Waals surface area contributed by atoms with Gasteiger partial charge < -0.3 is 20.1 Å². The Labute approximate surface area is 141 Å². The Kier molecular flexibility index (Phi) is 8.45. The van der Waals surface area contributed by atoms with Crippen LogP contribution >= 0.6 is 24.2 Å². The summed E-state index contributed by atoms with van der Waals surface area (Å²) in [6.07, 6.45) is 0.513. The molecule has 2 N–H and O–H groups in total. The normalized spacial score (nSPS) is 17.3. The lowest BCUT2D eigenvalue weighted by Gasteiger charge is -2.22. The molecule has 0 aliphatic carbocycles. The summed E-state index contributed by atoms with van der Waals surface area (Å²) in [7, 11) is 3.24. The molecule has 1 saturated heterocycles. The minimum absolute atomic E-state index is 0. The topological polar surface area (TPSA) is 59.6 Å². The predicted molar refractivity (Wildman–Crippen MR) is 92.4 cm³/mol. The van der Waals surface area contributed by atoms with Crippen LogP contribution in [0.15, 0.2) is 18.2 Å². The minimum atomic E-state index is 0. The first-order valence-corrected chi connectivity index (χ1v) is 8.17. The number of amides is 1. The van der Waals surface area contributed by atoms with Crippen LogP contribution in [0.2, 0.25) is 0 Å². The van der Waals surface area contributed by atoms with E-state index in [1.807, 2.05) is 30.0 Å². The van der Waals surface area contributed by atoms with E-state index in [9.17, 15) is 4.79 Å². The fourth-order valence-electron chi connectivity index (χ4n) is 2.26. The summed E-state index contributed by atoms with van der Waals surface area (Å²) < 4.78 is 10.5. The molecule has 2 rings (SSSR count). The highest BCUT2D eigenvalue weighted by molar-refractivity contribution is 7.99. The first-order valence-electron chi connectivity index (χ1n) is 7.01. The largest absolute Gasteiger partial charge is 0.497 e. The monoisotopic (exact) mass is 346 g/mol. The molecule has 1 aliphatic heterocycles. The zero-order valence-electron chi connectivity index (χ0n) is 12.9. The fraction of sp³-hybridized carbons (Fsp3) is 0.533. The van der Waals surface area contributed by atoms with Crippen LogP contribution < -0.4 is 20.1 Å². The Balaban J connectivity index is 0.00000242. The van der Waals surface area contributed by atoms with Crippen LogP contribution in [-0.4, -0.2) is 44.2 Å². The number of halogens is 1. The maximum Gasteiger partial charge on any atom is 0.221 e. The number of benzene rings is 1. The van der Waals surface area contributed by atoms with Crippen molar-refractivity contribution in [1.82, 2.24) is 10.6 Å². The van der Waals surface area contributed by atoms with Crippen molar-refractivity contribution in [2.75, 3.05) is 32.3 Å². The number of ether oxygens (including phenoxy) is 2. The Bertz CT molecular complexity index is 482. The molecule has 0 bridgehead atoms. The number of hydrogen-bond donors (Lipinski definition) is 2. The lowest BCUT2D eigenvalue weighted by molar-refractivity contribution is -0.121. The summed E-state index contributed by atoms with van der Waals surface area (Å²) in [5.41, 5.74) is 0.913. The van der Waals surface area contributed by atoms with E-state index in [2.05, 4.69) is 10.6 Å². The zero-order chi connectivity index (χ0) is 15.1. The van der Waals surface area contributed by atoms with E-state index in [4.69, 9.17) is 9.47 Å². The maximum atomic E-state index is 12.0. The lowest BCUT2D eigenvalue weighted by Crippen LogP contribution is -2.41. The van der Waals surface area contributed by atoms with Gasteiger partial charge in [0.25, 0.3) is 0 Å². The third kappa shape index (κ3) is 5.59. The highest BCUT2D eigenvalue weighted by Gasteiger charge is 2.16. The van der Waals surface area contributed by atoms with Crippen molar-refractivity contribution in [2.45, 2.75) is 19.0 Å². The number of nitrogens with one attached hydrogen (secondary N) is 2. The standard InChI is InChI=1S/C15H22N2O3S.ClH/c1-19-13-3-4-14(20-2)11(7-13)9-17-15(18)8-12-10-21-6-5-16-12;/h3-4,7,12,16H,5-6,8-10H2,1-2H3,(H,17,18);1H. The highest BCUT2D eigenvalue weighted by Crippen LogP contribution is 2.23. The summed E-state index contributed by atoms with van der Waals surface area (Å²) in [6, 6.07) is 5.84. The van der Waals surface area contributed by atoms with Crippen molar-refractivity contribution < 1.29 is 14.3 Å². The Hall–Kier alpha value is -1.11. The van der Waals surface area contributed by atoms with Crippen molar-refractivity contribution in [3.05, 3.63) is 23.8 Å². The predicted octanol–water partition coefficient (Wildman–Crippen LogP) is 1.84. The van der Waals surface area contributed by atoms with E-state index in [-0.39, 0.29) is 24.4 Å². The molecule has 1 heterocycles. The Morgan fingerprint density at radius 1 is 1.41 bits per heavy atom. The van der Waals surface area contributed by atoms with Gasteiger partial charge in [0.2, 0.25) is 5.91 Å². The number of hydrogen-bond acceptors (Lipinski definition) is 5. The van der Waals surface area contributed by atoms with E-state index in [1.54, 1.807) is 14.2 Å². The summed E-state index contributed by atoms with van der Waals surface area (Å²) in [6.45, 7) is 1.42. The van der Waals surface area contributed by atoms with Crippen molar-refractivity contribution in [2.24, 2.45) is 0 Å². The van der Waals surface area contributed by atoms with Gasteiger partial charge >= 0.3 is 0 Å². The molecule has 0 spiro atoms. The molecule has 124 valence electrons. The van der Waals surface area contributed by atoms with Crippen LogP contribution in [0.25, 0.3) is 0 Å². The van der Waals surface area contributed by atoms with E-state index >= 15 is 0 Å². The molecule has 0 aromatic heterocycles. The van der Waals surface area contributed by atoms with E-state index in [1.165, 1.54) is 0 Å². The molecule has 22 heavy (non-hydrogen) atoms. The van der Waals surface area contributed by atoms with Crippen LogP contribution in [0.4, 0.5) is 0 Å². The van der Waals surface area contributed by atoms with Crippen LogP contribution in [-0.2, 0) is 11.3 Å². The van der Waals surface area contributed by atoms with Crippen molar-refractivity contribution in [3.8, 4) is 11.5 Å². The van der Waals surface area contributed by atoms with Gasteiger partial charge in [0, 0.05) is 42.6 Å². The van der Waals surface area contributed by atoms with Crippen LogP contribution in [0.5, 0.6) is 11.5 Å². The molecule has 1 atom stereocenters. The maximum absolute atomic E-state index is 12.0. The molecule has 7 heteroatoms. The molecular formula is C15H23ClN2O3S. The Morgan fingerprint density at radius 3 is 2.86 bits per heavy atom. The van der Waals surface area contributed by atoms with Gasteiger partial charge in [-0.15, -0.1) is 12.4 Å².